The minimum atomic E-state index is -0.481. The summed E-state index contributed by atoms with van der Waals surface area (Å²) in [6, 6.07) is 14.1. The minimum absolute atomic E-state index is 0.00604. The molecular weight excluding hydrogens is 297 g/mol. The van der Waals surface area contributed by atoms with E-state index in [-0.39, 0.29) is 16.3 Å². The van der Waals surface area contributed by atoms with E-state index in [0.29, 0.717) is 11.4 Å². The number of anilines is 1. The fourth-order valence-electron chi connectivity index (χ4n) is 2.20. The van der Waals surface area contributed by atoms with Crippen LogP contribution in [-0.2, 0) is 4.79 Å². The standard InChI is InChI=1S/C15H11ClFNOS/c16-12-8-11(6-7-13(12)17)18-14(19)9-20-15(18)10-4-2-1-3-5-10/h1-8,15H,9H2. The summed E-state index contributed by atoms with van der Waals surface area (Å²) in [5, 5.41) is -0.0655. The quantitative estimate of drug-likeness (QED) is 0.826. The maximum Gasteiger partial charge on any atom is 0.238 e. The van der Waals surface area contributed by atoms with Crippen molar-refractivity contribution in [3.8, 4) is 0 Å². The highest BCUT2D eigenvalue weighted by molar-refractivity contribution is 8.00. The Kier molecular flexibility index (Phi) is 3.68. The first-order chi connectivity index (χ1) is 9.66. The Balaban J connectivity index is 2.00. The fourth-order valence-corrected chi connectivity index (χ4v) is 3.55. The van der Waals surface area contributed by atoms with E-state index >= 15 is 0 Å². The summed E-state index contributed by atoms with van der Waals surface area (Å²) in [6.07, 6.45) is 0. The maximum absolute atomic E-state index is 13.3. The molecule has 2 nitrogen and oxygen atoms in total. The predicted octanol–water partition coefficient (Wildman–Crippen LogP) is 4.26. The maximum atomic E-state index is 13.3. The normalized spacial score (nSPS) is 18.6. The van der Waals surface area contributed by atoms with Crippen LogP contribution >= 0.6 is 23.4 Å². The van der Waals surface area contributed by atoms with Crippen molar-refractivity contribution < 1.29 is 9.18 Å². The van der Waals surface area contributed by atoms with Gasteiger partial charge in [0.1, 0.15) is 11.2 Å². The van der Waals surface area contributed by atoms with E-state index in [2.05, 4.69) is 0 Å². The molecule has 20 heavy (non-hydrogen) atoms. The molecule has 1 fully saturated rings. The molecule has 0 bridgehead atoms. The number of halogens is 2. The van der Waals surface area contributed by atoms with Crippen LogP contribution < -0.4 is 4.90 Å². The zero-order valence-electron chi connectivity index (χ0n) is 10.4. The van der Waals surface area contributed by atoms with Crippen LogP contribution in [0.1, 0.15) is 10.9 Å². The largest absolute Gasteiger partial charge is 0.295 e. The summed E-state index contributed by atoms with van der Waals surface area (Å²) in [7, 11) is 0. The van der Waals surface area contributed by atoms with Crippen molar-refractivity contribution in [1.29, 1.82) is 0 Å². The molecule has 1 heterocycles. The Hall–Kier alpha value is -1.52. The number of amides is 1. The van der Waals surface area contributed by atoms with Crippen LogP contribution in [0.15, 0.2) is 48.5 Å². The molecule has 5 heteroatoms. The highest BCUT2D eigenvalue weighted by Gasteiger charge is 2.34. The van der Waals surface area contributed by atoms with E-state index in [4.69, 9.17) is 11.6 Å². The molecule has 0 radical (unpaired) electrons. The van der Waals surface area contributed by atoms with Crippen LogP contribution in [0, 0.1) is 5.82 Å². The van der Waals surface area contributed by atoms with Gasteiger partial charge in [-0.1, -0.05) is 41.9 Å². The summed E-state index contributed by atoms with van der Waals surface area (Å²) < 4.78 is 13.3. The molecule has 102 valence electrons. The van der Waals surface area contributed by atoms with Crippen LogP contribution in [0.4, 0.5) is 10.1 Å². The Morgan fingerprint density at radius 1 is 1.20 bits per heavy atom. The lowest BCUT2D eigenvalue weighted by Gasteiger charge is -2.24. The molecule has 1 aliphatic rings. The Morgan fingerprint density at radius 2 is 1.95 bits per heavy atom. The lowest BCUT2D eigenvalue weighted by Crippen LogP contribution is -2.27. The third-order valence-electron chi connectivity index (χ3n) is 3.13. The second-order valence-corrected chi connectivity index (χ2v) is 5.91. The SMILES string of the molecule is O=C1CSC(c2ccccc2)N1c1ccc(F)c(Cl)c1. The van der Waals surface area contributed by atoms with E-state index < -0.39 is 5.82 Å². The van der Waals surface area contributed by atoms with E-state index in [9.17, 15) is 9.18 Å². The number of rotatable bonds is 2. The number of benzene rings is 2. The molecule has 2 aromatic rings. The van der Waals surface area contributed by atoms with E-state index in [0.717, 1.165) is 5.56 Å². The summed E-state index contributed by atoms with van der Waals surface area (Å²) >= 11 is 7.37. The van der Waals surface area contributed by atoms with Gasteiger partial charge in [-0.15, -0.1) is 11.8 Å². The third kappa shape index (κ3) is 2.41. The molecule has 2 aromatic carbocycles. The molecule has 0 spiro atoms. The zero-order chi connectivity index (χ0) is 14.1. The van der Waals surface area contributed by atoms with Gasteiger partial charge in [0.05, 0.1) is 10.8 Å². The van der Waals surface area contributed by atoms with Crippen molar-refractivity contribution in [3.05, 3.63) is 64.9 Å². The number of hydrogen-bond donors (Lipinski definition) is 0. The summed E-state index contributed by atoms with van der Waals surface area (Å²) in [6.45, 7) is 0. The number of nitrogens with zero attached hydrogens (tertiary/aromatic N) is 1. The van der Waals surface area contributed by atoms with Crippen molar-refractivity contribution in [3.63, 3.8) is 0 Å². The van der Waals surface area contributed by atoms with Gasteiger partial charge in [0.25, 0.3) is 0 Å². The van der Waals surface area contributed by atoms with Gasteiger partial charge in [-0.25, -0.2) is 4.39 Å². The minimum Gasteiger partial charge on any atom is -0.295 e. The lowest BCUT2D eigenvalue weighted by atomic mass is 10.2. The molecule has 0 aromatic heterocycles. The van der Waals surface area contributed by atoms with Crippen molar-refractivity contribution in [2.24, 2.45) is 0 Å². The number of carbonyl (C=O) groups is 1. The molecule has 3 rings (SSSR count). The van der Waals surface area contributed by atoms with Crippen molar-refractivity contribution in [2.45, 2.75) is 5.37 Å². The van der Waals surface area contributed by atoms with Gasteiger partial charge in [-0.05, 0) is 23.8 Å². The lowest BCUT2D eigenvalue weighted by molar-refractivity contribution is -0.115. The van der Waals surface area contributed by atoms with Gasteiger partial charge in [0.15, 0.2) is 0 Å². The Bertz CT molecular complexity index is 650. The average Bonchev–Trinajstić information content (AvgIpc) is 2.85. The summed E-state index contributed by atoms with van der Waals surface area (Å²) in [5.74, 6) is -0.0633. The number of carbonyl (C=O) groups excluding carboxylic acids is 1. The van der Waals surface area contributed by atoms with Gasteiger partial charge in [-0.2, -0.15) is 0 Å². The van der Waals surface area contributed by atoms with Gasteiger partial charge < -0.3 is 0 Å². The monoisotopic (exact) mass is 307 g/mol. The summed E-state index contributed by atoms with van der Waals surface area (Å²) in [4.78, 5) is 13.8. The van der Waals surface area contributed by atoms with Crippen LogP contribution in [0.5, 0.6) is 0 Å². The fraction of sp³-hybridized carbons (Fsp3) is 0.133. The van der Waals surface area contributed by atoms with Crippen LogP contribution in [-0.4, -0.2) is 11.7 Å². The molecule has 0 aliphatic carbocycles. The van der Waals surface area contributed by atoms with Gasteiger partial charge in [0, 0.05) is 5.69 Å². The first kappa shape index (κ1) is 13.5. The molecule has 1 amide bonds. The topological polar surface area (TPSA) is 20.3 Å². The average molecular weight is 308 g/mol. The molecule has 0 N–H and O–H groups in total. The number of thioether (sulfide) groups is 1. The molecular formula is C15H11ClFNOS. The zero-order valence-corrected chi connectivity index (χ0v) is 12.0. The molecule has 1 aliphatic heterocycles. The van der Waals surface area contributed by atoms with Gasteiger partial charge in [0.2, 0.25) is 5.91 Å². The van der Waals surface area contributed by atoms with E-state index in [1.54, 1.807) is 22.7 Å². The van der Waals surface area contributed by atoms with Gasteiger partial charge in [-0.3, -0.25) is 9.69 Å². The van der Waals surface area contributed by atoms with Crippen molar-refractivity contribution in [2.75, 3.05) is 10.7 Å². The van der Waals surface area contributed by atoms with Crippen molar-refractivity contribution >= 4 is 35.0 Å². The second-order valence-electron chi connectivity index (χ2n) is 4.44. The summed E-state index contributed by atoms with van der Waals surface area (Å²) in [5.41, 5.74) is 1.67. The number of hydrogen-bond acceptors (Lipinski definition) is 2. The molecule has 1 unspecified atom stereocenters. The van der Waals surface area contributed by atoms with Crippen LogP contribution in [0.25, 0.3) is 0 Å². The Morgan fingerprint density at radius 3 is 2.65 bits per heavy atom. The van der Waals surface area contributed by atoms with E-state index in [1.165, 1.54) is 12.1 Å². The predicted molar refractivity (Wildman–Crippen MR) is 80.5 cm³/mol. The first-order valence-corrected chi connectivity index (χ1v) is 7.53. The van der Waals surface area contributed by atoms with Crippen LogP contribution in [0.2, 0.25) is 5.02 Å². The molecule has 1 saturated heterocycles. The van der Waals surface area contributed by atoms with Crippen molar-refractivity contribution in [1.82, 2.24) is 0 Å². The third-order valence-corrected chi connectivity index (χ3v) is 4.64. The molecule has 1 atom stereocenters. The smallest absolute Gasteiger partial charge is 0.238 e. The van der Waals surface area contributed by atoms with Crippen LogP contribution in [0.3, 0.4) is 0 Å². The second kappa shape index (κ2) is 5.46. The highest BCUT2D eigenvalue weighted by atomic mass is 35.5. The van der Waals surface area contributed by atoms with Gasteiger partial charge >= 0.3 is 0 Å². The Labute approximate surface area is 125 Å². The molecule has 0 saturated carbocycles. The highest BCUT2D eigenvalue weighted by Crippen LogP contribution is 2.42. The first-order valence-electron chi connectivity index (χ1n) is 6.10. The van der Waals surface area contributed by atoms with E-state index in [1.807, 2.05) is 30.3 Å².